The van der Waals surface area contributed by atoms with Crippen molar-refractivity contribution in [3.05, 3.63) is 24.3 Å². The molecule has 0 spiro atoms. The number of nitrogen functional groups attached to an aromatic ring is 1. The van der Waals surface area contributed by atoms with Crippen molar-refractivity contribution in [2.75, 3.05) is 23.7 Å². The molecule has 96 valence electrons. The SMILES string of the molecule is CCN(CCCC(C)(C)C)c1cccc(N)c1. The Morgan fingerprint density at radius 2 is 1.94 bits per heavy atom. The van der Waals surface area contributed by atoms with Crippen LogP contribution >= 0.6 is 0 Å². The van der Waals surface area contributed by atoms with Gasteiger partial charge in [0.25, 0.3) is 0 Å². The van der Waals surface area contributed by atoms with Crippen molar-refractivity contribution < 1.29 is 0 Å². The zero-order chi connectivity index (χ0) is 12.9. The number of rotatable bonds is 5. The Morgan fingerprint density at radius 1 is 1.24 bits per heavy atom. The molecule has 2 nitrogen and oxygen atoms in total. The first-order valence-electron chi connectivity index (χ1n) is 6.53. The third-order valence-electron chi connectivity index (χ3n) is 2.97. The Morgan fingerprint density at radius 3 is 2.47 bits per heavy atom. The molecule has 0 bridgehead atoms. The van der Waals surface area contributed by atoms with Crippen LogP contribution < -0.4 is 10.6 Å². The molecule has 0 heterocycles. The van der Waals surface area contributed by atoms with Gasteiger partial charge >= 0.3 is 0 Å². The van der Waals surface area contributed by atoms with Crippen LogP contribution in [0.4, 0.5) is 11.4 Å². The first-order chi connectivity index (χ1) is 7.92. The molecule has 2 heteroatoms. The summed E-state index contributed by atoms with van der Waals surface area (Å²) in [7, 11) is 0. The smallest absolute Gasteiger partial charge is 0.0386 e. The molecular formula is C15H26N2. The van der Waals surface area contributed by atoms with Gasteiger partial charge in [0.2, 0.25) is 0 Å². The summed E-state index contributed by atoms with van der Waals surface area (Å²) < 4.78 is 0. The number of hydrogen-bond acceptors (Lipinski definition) is 2. The van der Waals surface area contributed by atoms with Crippen LogP contribution in [0.15, 0.2) is 24.3 Å². The van der Waals surface area contributed by atoms with Crippen molar-refractivity contribution in [2.45, 2.75) is 40.5 Å². The third-order valence-corrected chi connectivity index (χ3v) is 2.97. The van der Waals surface area contributed by atoms with E-state index >= 15 is 0 Å². The van der Waals surface area contributed by atoms with E-state index in [1.54, 1.807) is 0 Å². The van der Waals surface area contributed by atoms with Gasteiger partial charge in [0.05, 0.1) is 0 Å². The summed E-state index contributed by atoms with van der Waals surface area (Å²) >= 11 is 0. The Bertz CT molecular complexity index is 339. The fraction of sp³-hybridized carbons (Fsp3) is 0.600. The molecule has 0 aliphatic carbocycles. The standard InChI is InChI=1S/C15H26N2/c1-5-17(11-7-10-15(2,3)4)14-9-6-8-13(16)12-14/h6,8-9,12H,5,7,10-11,16H2,1-4H3. The molecule has 0 aromatic heterocycles. The largest absolute Gasteiger partial charge is 0.399 e. The fourth-order valence-corrected chi connectivity index (χ4v) is 1.99. The third kappa shape index (κ3) is 5.12. The minimum atomic E-state index is 0.426. The van der Waals surface area contributed by atoms with Gasteiger partial charge in [-0.05, 0) is 43.4 Å². The average Bonchev–Trinajstić information content (AvgIpc) is 2.23. The summed E-state index contributed by atoms with van der Waals surface area (Å²) in [5.74, 6) is 0. The van der Waals surface area contributed by atoms with Crippen LogP contribution in [0.2, 0.25) is 0 Å². The molecular weight excluding hydrogens is 208 g/mol. The van der Waals surface area contributed by atoms with E-state index in [9.17, 15) is 0 Å². The molecule has 0 aliphatic rings. The highest BCUT2D eigenvalue weighted by Crippen LogP contribution is 2.22. The lowest BCUT2D eigenvalue weighted by atomic mass is 9.90. The molecule has 0 amide bonds. The van der Waals surface area contributed by atoms with E-state index < -0.39 is 0 Å². The number of nitrogens with two attached hydrogens (primary N) is 1. The summed E-state index contributed by atoms with van der Waals surface area (Å²) in [6.45, 7) is 11.2. The van der Waals surface area contributed by atoms with Crippen LogP contribution in [0.3, 0.4) is 0 Å². The molecule has 0 unspecified atom stereocenters. The second-order valence-corrected chi connectivity index (χ2v) is 5.84. The Labute approximate surface area is 106 Å². The maximum absolute atomic E-state index is 5.82. The van der Waals surface area contributed by atoms with Gasteiger partial charge in [-0.1, -0.05) is 26.8 Å². The maximum atomic E-state index is 5.82. The minimum absolute atomic E-state index is 0.426. The maximum Gasteiger partial charge on any atom is 0.0386 e. The van der Waals surface area contributed by atoms with Crippen LogP contribution in [0.5, 0.6) is 0 Å². The molecule has 0 atom stereocenters. The number of benzene rings is 1. The molecule has 0 saturated carbocycles. The summed E-state index contributed by atoms with van der Waals surface area (Å²) in [6.07, 6.45) is 2.48. The Hall–Kier alpha value is -1.18. The van der Waals surface area contributed by atoms with Crippen molar-refractivity contribution >= 4 is 11.4 Å². The molecule has 0 fully saturated rings. The minimum Gasteiger partial charge on any atom is -0.399 e. The van der Waals surface area contributed by atoms with Crippen LogP contribution in [-0.2, 0) is 0 Å². The van der Waals surface area contributed by atoms with Crippen LogP contribution in [0, 0.1) is 5.41 Å². The van der Waals surface area contributed by atoms with E-state index in [4.69, 9.17) is 5.73 Å². The van der Waals surface area contributed by atoms with Crippen molar-refractivity contribution in [1.82, 2.24) is 0 Å². The Balaban J connectivity index is 2.54. The van der Waals surface area contributed by atoms with Crippen LogP contribution in [-0.4, -0.2) is 13.1 Å². The number of nitrogens with zero attached hydrogens (tertiary/aromatic N) is 1. The molecule has 17 heavy (non-hydrogen) atoms. The molecule has 1 aromatic carbocycles. The molecule has 1 aromatic rings. The van der Waals surface area contributed by atoms with Crippen LogP contribution in [0.25, 0.3) is 0 Å². The van der Waals surface area contributed by atoms with Gasteiger partial charge in [-0.25, -0.2) is 0 Å². The van der Waals surface area contributed by atoms with E-state index in [0.29, 0.717) is 5.41 Å². The summed E-state index contributed by atoms with van der Waals surface area (Å²) in [5.41, 5.74) is 8.33. The van der Waals surface area contributed by atoms with Gasteiger partial charge in [-0.15, -0.1) is 0 Å². The highest BCUT2D eigenvalue weighted by atomic mass is 15.1. The van der Waals surface area contributed by atoms with E-state index in [2.05, 4.69) is 44.7 Å². The number of hydrogen-bond donors (Lipinski definition) is 1. The predicted octanol–water partition coefficient (Wildman–Crippen LogP) is 3.92. The van der Waals surface area contributed by atoms with Gasteiger partial charge in [-0.3, -0.25) is 0 Å². The first-order valence-corrected chi connectivity index (χ1v) is 6.53. The van der Waals surface area contributed by atoms with Gasteiger partial charge in [0, 0.05) is 24.5 Å². The summed E-state index contributed by atoms with van der Waals surface area (Å²) in [5, 5.41) is 0. The zero-order valence-electron chi connectivity index (χ0n) is 11.7. The summed E-state index contributed by atoms with van der Waals surface area (Å²) in [4.78, 5) is 2.39. The molecule has 0 aliphatic heterocycles. The highest BCUT2D eigenvalue weighted by Gasteiger charge is 2.11. The van der Waals surface area contributed by atoms with Crippen molar-refractivity contribution in [2.24, 2.45) is 5.41 Å². The molecule has 0 saturated heterocycles. The Kier molecular flexibility index (Phi) is 4.86. The molecule has 0 radical (unpaired) electrons. The fourth-order valence-electron chi connectivity index (χ4n) is 1.99. The average molecular weight is 234 g/mol. The second kappa shape index (κ2) is 5.95. The second-order valence-electron chi connectivity index (χ2n) is 5.84. The normalized spacial score (nSPS) is 11.5. The number of anilines is 2. The van der Waals surface area contributed by atoms with E-state index in [1.807, 2.05) is 12.1 Å². The van der Waals surface area contributed by atoms with Gasteiger partial charge < -0.3 is 10.6 Å². The van der Waals surface area contributed by atoms with Gasteiger partial charge in [0.1, 0.15) is 0 Å². The van der Waals surface area contributed by atoms with E-state index in [0.717, 1.165) is 18.8 Å². The first kappa shape index (κ1) is 13.9. The highest BCUT2D eigenvalue weighted by molar-refractivity contribution is 5.55. The lowest BCUT2D eigenvalue weighted by Gasteiger charge is -2.25. The van der Waals surface area contributed by atoms with Gasteiger partial charge in [-0.2, -0.15) is 0 Å². The monoisotopic (exact) mass is 234 g/mol. The van der Waals surface area contributed by atoms with Crippen molar-refractivity contribution in [1.29, 1.82) is 0 Å². The lowest BCUT2D eigenvalue weighted by molar-refractivity contribution is 0.366. The van der Waals surface area contributed by atoms with Crippen molar-refractivity contribution in [3.8, 4) is 0 Å². The molecule has 1 rings (SSSR count). The quantitative estimate of drug-likeness (QED) is 0.782. The van der Waals surface area contributed by atoms with E-state index in [1.165, 1.54) is 18.5 Å². The van der Waals surface area contributed by atoms with Crippen LogP contribution in [0.1, 0.15) is 40.5 Å². The van der Waals surface area contributed by atoms with Crippen molar-refractivity contribution in [3.63, 3.8) is 0 Å². The topological polar surface area (TPSA) is 29.3 Å². The van der Waals surface area contributed by atoms with E-state index in [-0.39, 0.29) is 0 Å². The molecule has 2 N–H and O–H groups in total. The zero-order valence-corrected chi connectivity index (χ0v) is 11.7. The summed E-state index contributed by atoms with van der Waals surface area (Å²) in [6, 6.07) is 8.15. The van der Waals surface area contributed by atoms with Gasteiger partial charge in [0.15, 0.2) is 0 Å². The lowest BCUT2D eigenvalue weighted by Crippen LogP contribution is -2.25. The predicted molar refractivity (Wildman–Crippen MR) is 77.4 cm³/mol.